The van der Waals surface area contributed by atoms with E-state index in [2.05, 4.69) is 85.0 Å². The fourth-order valence-corrected chi connectivity index (χ4v) is 5.35. The molecular formula is C22H32IN6-. The van der Waals surface area contributed by atoms with Crippen molar-refractivity contribution in [1.82, 2.24) is 30.0 Å². The van der Waals surface area contributed by atoms with Gasteiger partial charge in [-0.1, -0.05) is 13.8 Å². The van der Waals surface area contributed by atoms with Crippen LogP contribution in [0.4, 0.5) is 0 Å². The Morgan fingerprint density at radius 3 is 1.97 bits per heavy atom. The minimum atomic E-state index is 0.0380. The van der Waals surface area contributed by atoms with Gasteiger partial charge in [0.15, 0.2) is 0 Å². The number of hydrogen-bond acceptors (Lipinski definition) is 4. The normalized spacial score (nSPS) is 11.8. The second kappa shape index (κ2) is 10.8. The fraction of sp³-hybridized carbons (Fsp3) is 0.545. The zero-order chi connectivity index (χ0) is 20.6. The molecule has 0 saturated carbocycles. The van der Waals surface area contributed by atoms with Gasteiger partial charge in [0, 0.05) is 0 Å². The van der Waals surface area contributed by atoms with Crippen molar-refractivity contribution in [3.05, 3.63) is 59.2 Å². The maximum absolute atomic E-state index is 4.27. The second-order valence-corrected chi connectivity index (χ2v) is 11.0. The van der Waals surface area contributed by atoms with Gasteiger partial charge in [0.1, 0.15) is 0 Å². The first kappa shape index (κ1) is 21.9. The molecule has 6 nitrogen and oxygen atoms in total. The van der Waals surface area contributed by atoms with Crippen molar-refractivity contribution in [2.45, 2.75) is 62.5 Å². The molecule has 3 rings (SSSR count). The number of alkyl halides is 2. The summed E-state index contributed by atoms with van der Waals surface area (Å²) < 4.78 is 6.17. The molecule has 7 heteroatoms. The standard InChI is InChI=1S/C22H32IN6/c1-17(2)11-21-14-28(26-24-21)10-9-19-5-7-20(8-6-19)13-23-16-29-15-22(25-27-29)12-18(3)4/h5-8,14-15,17-18H,9-13,16H2,1-4H3/q-1. The van der Waals surface area contributed by atoms with Crippen molar-refractivity contribution in [2.75, 3.05) is 0 Å². The first-order valence-electron chi connectivity index (χ1n) is 10.4. The third-order valence-corrected chi connectivity index (χ3v) is 7.12. The van der Waals surface area contributed by atoms with Gasteiger partial charge in [-0.3, -0.25) is 0 Å². The van der Waals surface area contributed by atoms with Crippen LogP contribution in [0.3, 0.4) is 0 Å². The van der Waals surface area contributed by atoms with E-state index in [1.807, 2.05) is 9.36 Å². The predicted molar refractivity (Wildman–Crippen MR) is 111 cm³/mol. The van der Waals surface area contributed by atoms with E-state index in [1.54, 1.807) is 0 Å². The zero-order valence-electron chi connectivity index (χ0n) is 17.9. The van der Waals surface area contributed by atoms with E-state index in [0.29, 0.717) is 11.8 Å². The number of hydrogen-bond donors (Lipinski definition) is 0. The van der Waals surface area contributed by atoms with Gasteiger partial charge >= 0.3 is 171 Å². The molecule has 0 aliphatic carbocycles. The van der Waals surface area contributed by atoms with E-state index in [-0.39, 0.29) is 21.2 Å². The average Bonchev–Trinajstić information content (AvgIpc) is 3.29. The molecule has 3 aromatic rings. The van der Waals surface area contributed by atoms with E-state index in [0.717, 1.165) is 41.7 Å². The molecule has 0 aliphatic rings. The summed E-state index contributed by atoms with van der Waals surface area (Å²) in [6.07, 6.45) is 7.17. The molecular weight excluding hydrogens is 475 g/mol. The van der Waals surface area contributed by atoms with Crippen LogP contribution >= 0.6 is 0 Å². The summed E-state index contributed by atoms with van der Waals surface area (Å²) in [5.74, 6) is 1.24. The van der Waals surface area contributed by atoms with Gasteiger partial charge in [-0.05, 0) is 0 Å². The summed E-state index contributed by atoms with van der Waals surface area (Å²) >= 11 is 0.0380. The van der Waals surface area contributed by atoms with Gasteiger partial charge in [-0.25, -0.2) is 0 Å². The van der Waals surface area contributed by atoms with Gasteiger partial charge in [0.25, 0.3) is 0 Å². The van der Waals surface area contributed by atoms with E-state index < -0.39 is 0 Å². The topological polar surface area (TPSA) is 61.4 Å². The molecule has 0 radical (unpaired) electrons. The fourth-order valence-electron chi connectivity index (χ4n) is 3.15. The first-order valence-corrected chi connectivity index (χ1v) is 13.4. The molecule has 0 atom stereocenters. The summed E-state index contributed by atoms with van der Waals surface area (Å²) in [5, 5.41) is 17.0. The summed E-state index contributed by atoms with van der Waals surface area (Å²) in [5.41, 5.74) is 4.96. The van der Waals surface area contributed by atoms with Gasteiger partial charge in [0.05, 0.1) is 0 Å². The van der Waals surface area contributed by atoms with E-state index in [1.165, 1.54) is 15.6 Å². The monoisotopic (exact) mass is 507 g/mol. The summed E-state index contributed by atoms with van der Waals surface area (Å²) in [7, 11) is 0. The molecule has 29 heavy (non-hydrogen) atoms. The van der Waals surface area contributed by atoms with Crippen LogP contribution in [0.2, 0.25) is 0 Å². The third kappa shape index (κ3) is 7.53. The number of rotatable bonds is 11. The summed E-state index contributed by atoms with van der Waals surface area (Å²) in [4.78, 5) is 0. The number of aryl methyl sites for hydroxylation is 2. The Labute approximate surface area is 184 Å². The van der Waals surface area contributed by atoms with Gasteiger partial charge < -0.3 is 0 Å². The number of halogens is 1. The Kier molecular flexibility index (Phi) is 8.20. The van der Waals surface area contributed by atoms with Crippen molar-refractivity contribution in [3.8, 4) is 0 Å². The molecule has 2 heterocycles. The Morgan fingerprint density at radius 2 is 1.34 bits per heavy atom. The van der Waals surface area contributed by atoms with Crippen LogP contribution in [-0.4, -0.2) is 30.0 Å². The number of nitrogens with zero attached hydrogens (tertiary/aromatic N) is 6. The van der Waals surface area contributed by atoms with Gasteiger partial charge in [0.2, 0.25) is 0 Å². The Bertz CT molecular complexity index is 866. The average molecular weight is 507 g/mol. The predicted octanol–water partition coefficient (Wildman–Crippen LogP) is 0.756. The molecule has 0 amide bonds. The third-order valence-electron chi connectivity index (χ3n) is 4.52. The first-order chi connectivity index (χ1) is 14.0. The molecule has 2 aromatic heterocycles. The van der Waals surface area contributed by atoms with E-state index in [9.17, 15) is 0 Å². The van der Waals surface area contributed by atoms with Crippen LogP contribution in [0.1, 0.15) is 50.2 Å². The van der Waals surface area contributed by atoms with Crippen molar-refractivity contribution < 1.29 is 21.2 Å². The second-order valence-electron chi connectivity index (χ2n) is 8.43. The molecule has 0 N–H and O–H groups in total. The molecule has 0 aliphatic heterocycles. The molecule has 1 aromatic carbocycles. The minimum absolute atomic E-state index is 0.0380. The zero-order valence-corrected chi connectivity index (χ0v) is 20.1. The Hall–Kier alpha value is -1.77. The van der Waals surface area contributed by atoms with Crippen LogP contribution in [0.25, 0.3) is 0 Å². The van der Waals surface area contributed by atoms with Crippen molar-refractivity contribution in [1.29, 1.82) is 0 Å². The Balaban J connectivity index is 1.40. The molecule has 0 fully saturated rings. The number of benzene rings is 1. The van der Waals surface area contributed by atoms with Crippen LogP contribution < -0.4 is 21.2 Å². The van der Waals surface area contributed by atoms with Gasteiger partial charge in [-0.2, -0.15) is 0 Å². The van der Waals surface area contributed by atoms with E-state index in [4.69, 9.17) is 0 Å². The molecule has 0 unspecified atom stereocenters. The number of aromatic nitrogens is 6. The van der Waals surface area contributed by atoms with Crippen molar-refractivity contribution in [3.63, 3.8) is 0 Å². The summed E-state index contributed by atoms with van der Waals surface area (Å²) in [6.45, 7) is 9.72. The van der Waals surface area contributed by atoms with E-state index >= 15 is 0 Å². The summed E-state index contributed by atoms with van der Waals surface area (Å²) in [6, 6.07) is 9.04. The van der Waals surface area contributed by atoms with Gasteiger partial charge in [-0.15, -0.1) is 0 Å². The quantitative estimate of drug-likeness (QED) is 0.284. The maximum atomic E-state index is 4.27. The molecule has 0 bridgehead atoms. The van der Waals surface area contributed by atoms with Crippen LogP contribution in [0.5, 0.6) is 0 Å². The van der Waals surface area contributed by atoms with Crippen LogP contribution in [0.15, 0.2) is 36.7 Å². The van der Waals surface area contributed by atoms with Crippen molar-refractivity contribution >= 4 is 0 Å². The van der Waals surface area contributed by atoms with Crippen molar-refractivity contribution in [2.24, 2.45) is 11.8 Å². The SMILES string of the molecule is CC(C)Cc1cn(CCc2ccc(C[I-]Cn3cc(CC(C)C)nn3)cc2)nn1. The van der Waals surface area contributed by atoms with Crippen LogP contribution in [-0.2, 0) is 34.8 Å². The Morgan fingerprint density at radius 1 is 0.793 bits per heavy atom. The van der Waals surface area contributed by atoms with Crippen LogP contribution in [0, 0.1) is 11.8 Å². The molecule has 0 spiro atoms. The molecule has 158 valence electrons. The molecule has 0 saturated heterocycles.